The smallest absolute Gasteiger partial charge is 0.458 e. The number of fused-ring (bicyclic) bond motifs is 1. The zero-order valence-corrected chi connectivity index (χ0v) is 13.3. The highest BCUT2D eigenvalue weighted by molar-refractivity contribution is 7.46. The molecule has 24 heavy (non-hydrogen) atoms. The van der Waals surface area contributed by atoms with Crippen LogP contribution in [0.1, 0.15) is 18.6 Å². The van der Waals surface area contributed by atoms with E-state index < -0.39 is 38.3 Å². The number of nitrogens with two attached hydrogens (primary N) is 1. The molecule has 1 fully saturated rings. The second kappa shape index (κ2) is 5.74. The lowest BCUT2D eigenvalue weighted by atomic mass is 9.89. The van der Waals surface area contributed by atoms with Gasteiger partial charge in [-0.05, 0) is 6.92 Å². The monoisotopic (exact) mass is 361 g/mol. The van der Waals surface area contributed by atoms with Gasteiger partial charge in [0.05, 0.1) is 12.9 Å². The fourth-order valence-electron chi connectivity index (χ4n) is 2.68. The summed E-state index contributed by atoms with van der Waals surface area (Å²) in [5, 5.41) is 20.8. The van der Waals surface area contributed by atoms with Crippen molar-refractivity contribution in [2.45, 2.75) is 30.8 Å². The van der Waals surface area contributed by atoms with Crippen molar-refractivity contribution >= 4 is 24.7 Å². The summed E-state index contributed by atoms with van der Waals surface area (Å²) in [4.78, 5) is 25.3. The Morgan fingerprint density at radius 3 is 2.83 bits per heavy atom. The molecule has 12 heteroatoms. The normalized spacial score (nSPS) is 31.0. The van der Waals surface area contributed by atoms with Crippen LogP contribution in [0.5, 0.6) is 0 Å². The van der Waals surface area contributed by atoms with Gasteiger partial charge in [0.2, 0.25) is 0 Å². The Balaban J connectivity index is 1.92. The Morgan fingerprint density at radius 2 is 2.17 bits per heavy atom. The molecular weight excluding hydrogens is 345 g/mol. The van der Waals surface area contributed by atoms with Crippen molar-refractivity contribution in [2.75, 3.05) is 12.3 Å². The summed E-state index contributed by atoms with van der Waals surface area (Å²) in [5.41, 5.74) is 4.73. The van der Waals surface area contributed by atoms with E-state index in [1.807, 2.05) is 0 Å². The number of phosphoric acid groups is 1. The van der Waals surface area contributed by atoms with Crippen LogP contribution in [0.3, 0.4) is 0 Å². The van der Waals surface area contributed by atoms with E-state index in [1.54, 1.807) is 0 Å². The Kier molecular flexibility index (Phi) is 4.12. The fraction of sp³-hybridized carbons (Fsp3) is 0.500. The van der Waals surface area contributed by atoms with E-state index in [4.69, 9.17) is 24.7 Å². The minimum Gasteiger partial charge on any atom is -0.458 e. The lowest BCUT2D eigenvalue weighted by Gasteiger charge is -2.25. The van der Waals surface area contributed by atoms with Crippen LogP contribution in [0, 0.1) is 0 Å². The van der Waals surface area contributed by atoms with Crippen molar-refractivity contribution in [3.8, 4) is 0 Å². The van der Waals surface area contributed by atoms with Crippen LogP contribution in [0.2, 0.25) is 0 Å². The quantitative estimate of drug-likeness (QED) is 0.441. The Hall–Kier alpha value is -1.59. The van der Waals surface area contributed by atoms with Crippen LogP contribution >= 0.6 is 7.82 Å². The molecule has 0 aromatic carbocycles. The first-order chi connectivity index (χ1) is 11.1. The number of furan rings is 1. The van der Waals surface area contributed by atoms with Crippen LogP contribution in [0.15, 0.2) is 17.0 Å². The molecule has 6 N–H and O–H groups in total. The molecule has 4 atom stereocenters. The van der Waals surface area contributed by atoms with Crippen LogP contribution < -0.4 is 5.73 Å². The third-order valence-electron chi connectivity index (χ3n) is 3.89. The van der Waals surface area contributed by atoms with Crippen molar-refractivity contribution < 1.29 is 38.2 Å². The van der Waals surface area contributed by atoms with Gasteiger partial charge in [0.15, 0.2) is 11.4 Å². The minimum atomic E-state index is -4.74. The van der Waals surface area contributed by atoms with Crippen molar-refractivity contribution in [2.24, 2.45) is 0 Å². The van der Waals surface area contributed by atoms with Crippen LogP contribution in [-0.4, -0.2) is 54.4 Å². The van der Waals surface area contributed by atoms with Gasteiger partial charge in [0.1, 0.15) is 35.8 Å². The first-order valence-corrected chi connectivity index (χ1v) is 8.38. The summed E-state index contributed by atoms with van der Waals surface area (Å²) >= 11 is 0. The summed E-state index contributed by atoms with van der Waals surface area (Å²) < 4.78 is 26.0. The third-order valence-corrected chi connectivity index (χ3v) is 4.38. The van der Waals surface area contributed by atoms with Gasteiger partial charge in [-0.1, -0.05) is 0 Å². The van der Waals surface area contributed by atoms with Gasteiger partial charge in [0.25, 0.3) is 0 Å². The molecule has 1 aliphatic heterocycles. The van der Waals surface area contributed by atoms with E-state index in [1.165, 1.54) is 19.5 Å². The first-order valence-electron chi connectivity index (χ1n) is 6.85. The maximum absolute atomic E-state index is 10.8. The number of nitrogens with zero attached hydrogens (tertiary/aromatic N) is 2. The third kappa shape index (κ3) is 2.91. The Morgan fingerprint density at radius 1 is 1.46 bits per heavy atom. The summed E-state index contributed by atoms with van der Waals surface area (Å²) in [6.07, 6.45) is -1.22. The van der Waals surface area contributed by atoms with Crippen molar-refractivity contribution in [1.82, 2.24) is 9.97 Å². The zero-order valence-electron chi connectivity index (χ0n) is 12.4. The summed E-state index contributed by atoms with van der Waals surface area (Å²) in [7, 11) is -4.74. The Labute approximate surface area is 135 Å². The number of ether oxygens (including phenoxy) is 1. The summed E-state index contributed by atoms with van der Waals surface area (Å²) in [5.74, 6) is 0.103. The number of hydrogen-bond donors (Lipinski definition) is 5. The second-order valence-electron chi connectivity index (χ2n) is 5.64. The molecule has 0 spiro atoms. The highest BCUT2D eigenvalue weighted by atomic mass is 31.2. The number of nitrogen functional groups attached to an aromatic ring is 1. The maximum atomic E-state index is 10.8. The molecule has 2 aromatic rings. The summed E-state index contributed by atoms with van der Waals surface area (Å²) in [6.45, 7) is 0.716. The topological polar surface area (TPSA) is 181 Å². The molecule has 0 aliphatic carbocycles. The molecule has 0 amide bonds. The van der Waals surface area contributed by atoms with Crippen LogP contribution in [0.25, 0.3) is 11.1 Å². The van der Waals surface area contributed by atoms with Crippen LogP contribution in [-0.2, 0) is 13.8 Å². The predicted octanol–water partition coefficient (Wildman–Crippen LogP) is -0.534. The number of aliphatic hydroxyl groups is 2. The van der Waals surface area contributed by atoms with Gasteiger partial charge < -0.3 is 34.9 Å². The van der Waals surface area contributed by atoms with E-state index in [2.05, 4.69) is 14.5 Å². The Bertz CT molecular complexity index is 803. The van der Waals surface area contributed by atoms with E-state index in [0.717, 1.165) is 0 Å². The van der Waals surface area contributed by atoms with Crippen molar-refractivity contribution in [3.05, 3.63) is 18.2 Å². The van der Waals surface area contributed by atoms with E-state index in [0.29, 0.717) is 11.1 Å². The maximum Gasteiger partial charge on any atom is 0.469 e. The van der Waals surface area contributed by atoms with Gasteiger partial charge in [-0.25, -0.2) is 14.5 Å². The molecule has 1 saturated heterocycles. The second-order valence-corrected chi connectivity index (χ2v) is 6.88. The van der Waals surface area contributed by atoms with Gasteiger partial charge >= 0.3 is 7.82 Å². The molecular formula is C12H16N3O8P. The van der Waals surface area contributed by atoms with Crippen molar-refractivity contribution in [3.63, 3.8) is 0 Å². The molecule has 0 saturated carbocycles. The predicted molar refractivity (Wildman–Crippen MR) is 78.5 cm³/mol. The number of aliphatic hydroxyl groups excluding tert-OH is 1. The molecule has 132 valence electrons. The summed E-state index contributed by atoms with van der Waals surface area (Å²) in [6, 6.07) is 0. The average Bonchev–Trinajstić information content (AvgIpc) is 2.99. The number of aromatic nitrogens is 2. The molecule has 0 bridgehead atoms. The molecule has 2 aromatic heterocycles. The molecule has 0 unspecified atom stereocenters. The number of rotatable bonds is 4. The lowest BCUT2D eigenvalue weighted by Crippen LogP contribution is -2.43. The van der Waals surface area contributed by atoms with Gasteiger partial charge in [-0.15, -0.1) is 0 Å². The van der Waals surface area contributed by atoms with Crippen LogP contribution in [0.4, 0.5) is 5.82 Å². The largest absolute Gasteiger partial charge is 0.469 e. The van der Waals surface area contributed by atoms with E-state index in [9.17, 15) is 14.8 Å². The minimum absolute atomic E-state index is 0.103. The molecule has 0 radical (unpaired) electrons. The van der Waals surface area contributed by atoms with Gasteiger partial charge in [-0.2, -0.15) is 0 Å². The van der Waals surface area contributed by atoms with Crippen molar-refractivity contribution in [1.29, 1.82) is 0 Å². The van der Waals surface area contributed by atoms with Gasteiger partial charge in [0, 0.05) is 5.56 Å². The average molecular weight is 361 g/mol. The number of anilines is 1. The SMILES string of the molecule is C[C@@]1(O)[C@H](O)[C@@H](COP(=O)(O)O)O[C@H]1c1coc2c(N)ncnc12. The van der Waals surface area contributed by atoms with Gasteiger partial charge in [-0.3, -0.25) is 4.52 Å². The van der Waals surface area contributed by atoms with E-state index in [-0.39, 0.29) is 11.4 Å². The number of phosphoric ester groups is 1. The zero-order chi connectivity index (χ0) is 17.7. The highest BCUT2D eigenvalue weighted by Crippen LogP contribution is 2.45. The molecule has 3 rings (SSSR count). The number of hydrogen-bond acceptors (Lipinski definition) is 9. The van der Waals surface area contributed by atoms with E-state index >= 15 is 0 Å². The fourth-order valence-corrected chi connectivity index (χ4v) is 3.02. The lowest BCUT2D eigenvalue weighted by molar-refractivity contribution is -0.0643. The molecule has 1 aliphatic rings. The molecule has 3 heterocycles. The standard InChI is InChI=1S/C12H16N3O8P/c1-12(17)9(16)6(3-22-24(18,19)20)23-10(12)5-2-21-8-7(5)14-4-15-11(8)13/h2,4,6,9-10,16-17H,3H2,1H3,(H2,13,14,15)(H2,18,19,20)/t6-,9-,10+,12-/m1/s1. The first kappa shape index (κ1) is 17.2. The highest BCUT2D eigenvalue weighted by Gasteiger charge is 2.54. The molecule has 11 nitrogen and oxygen atoms in total.